The Labute approximate surface area is 203 Å². The first-order chi connectivity index (χ1) is 16.2. The molecule has 182 valence electrons. The van der Waals surface area contributed by atoms with Crippen LogP contribution in [0, 0.1) is 17.7 Å². The fraction of sp³-hybridized carbons (Fsp3) is 0.478. The predicted octanol–water partition coefficient (Wildman–Crippen LogP) is 1.85. The van der Waals surface area contributed by atoms with Gasteiger partial charge in [0.1, 0.15) is 23.6 Å². The first-order valence-corrected chi connectivity index (χ1v) is 12.2. The number of primary amides is 1. The molecular formula is C23H27BrFN5O4. The number of hydrogen-bond acceptors (Lipinski definition) is 4. The molecule has 9 nitrogen and oxygen atoms in total. The number of H-pyrrole nitrogens is 1. The molecule has 0 unspecified atom stereocenters. The van der Waals surface area contributed by atoms with Crippen LogP contribution < -0.4 is 21.7 Å². The van der Waals surface area contributed by atoms with E-state index in [9.17, 15) is 23.6 Å². The highest BCUT2D eigenvalue weighted by molar-refractivity contribution is 9.10. The van der Waals surface area contributed by atoms with Crippen molar-refractivity contribution in [1.29, 1.82) is 0 Å². The molecule has 1 aromatic heterocycles. The third kappa shape index (κ3) is 5.57. The number of nitrogens with one attached hydrogen (secondary N) is 4. The van der Waals surface area contributed by atoms with Crippen molar-refractivity contribution in [1.82, 2.24) is 20.9 Å². The van der Waals surface area contributed by atoms with E-state index in [1.807, 2.05) is 0 Å². The van der Waals surface area contributed by atoms with Crippen LogP contribution in [0.5, 0.6) is 0 Å². The number of benzene rings is 1. The number of carbonyl (C=O) groups excluding carboxylic acids is 4. The predicted molar refractivity (Wildman–Crippen MR) is 126 cm³/mol. The third-order valence-electron chi connectivity index (χ3n) is 6.40. The Hall–Kier alpha value is -2.95. The largest absolute Gasteiger partial charge is 0.368 e. The van der Waals surface area contributed by atoms with Crippen LogP contribution in [0.1, 0.15) is 49.0 Å². The second-order valence-electron chi connectivity index (χ2n) is 9.04. The second kappa shape index (κ2) is 10.1. The number of amides is 4. The Balaban J connectivity index is 1.47. The van der Waals surface area contributed by atoms with Crippen molar-refractivity contribution >= 4 is 50.5 Å². The van der Waals surface area contributed by atoms with Gasteiger partial charge in [0.15, 0.2) is 0 Å². The summed E-state index contributed by atoms with van der Waals surface area (Å²) in [6.45, 7) is 0.590. The number of nitrogens with two attached hydrogens (primary N) is 1. The summed E-state index contributed by atoms with van der Waals surface area (Å²) in [5.74, 6) is -2.60. The van der Waals surface area contributed by atoms with E-state index in [4.69, 9.17) is 5.73 Å². The first kappa shape index (κ1) is 24.2. The van der Waals surface area contributed by atoms with Crippen LogP contribution in [0.4, 0.5) is 4.39 Å². The zero-order valence-electron chi connectivity index (χ0n) is 18.5. The van der Waals surface area contributed by atoms with Gasteiger partial charge in [0, 0.05) is 22.3 Å². The van der Waals surface area contributed by atoms with Gasteiger partial charge < -0.3 is 26.7 Å². The van der Waals surface area contributed by atoms with E-state index in [1.54, 1.807) is 0 Å². The van der Waals surface area contributed by atoms with Gasteiger partial charge >= 0.3 is 0 Å². The normalized spacial score (nSPS) is 19.8. The molecule has 1 saturated carbocycles. The van der Waals surface area contributed by atoms with Crippen molar-refractivity contribution < 1.29 is 23.6 Å². The summed E-state index contributed by atoms with van der Waals surface area (Å²) >= 11 is 3.33. The maximum Gasteiger partial charge on any atom is 0.268 e. The fourth-order valence-corrected chi connectivity index (χ4v) is 4.74. The summed E-state index contributed by atoms with van der Waals surface area (Å²) in [7, 11) is 0. The van der Waals surface area contributed by atoms with Crippen LogP contribution in [-0.2, 0) is 14.4 Å². The Kier molecular flexibility index (Phi) is 7.20. The highest BCUT2D eigenvalue weighted by atomic mass is 79.9. The smallest absolute Gasteiger partial charge is 0.268 e. The molecule has 3 atom stereocenters. The number of rotatable bonds is 9. The lowest BCUT2D eigenvalue weighted by Gasteiger charge is -2.27. The second-order valence-corrected chi connectivity index (χ2v) is 9.89. The standard InChI is InChI=1S/C23H27BrFN5O4/c24-14-5-6-15(25)13-10-18(28-19(13)14)23(34)30-17(8-11-3-4-11)22(33)29-16(20(26)31)9-12-2-1-7-27-21(12)32/h5-6,10-12,16-17,28H,1-4,7-9H2,(H2,26,31)(H,27,32)(H,29,33)(H,30,34)/t12-,16-,17-/m0/s1. The molecule has 1 saturated heterocycles. The van der Waals surface area contributed by atoms with Crippen LogP contribution >= 0.6 is 15.9 Å². The topological polar surface area (TPSA) is 146 Å². The summed E-state index contributed by atoms with van der Waals surface area (Å²) in [5, 5.41) is 8.35. The number of piperidine rings is 1. The highest BCUT2D eigenvalue weighted by Crippen LogP contribution is 2.34. The van der Waals surface area contributed by atoms with Crippen LogP contribution in [0.3, 0.4) is 0 Å². The molecule has 0 radical (unpaired) electrons. The van der Waals surface area contributed by atoms with Crippen molar-refractivity contribution in [3.05, 3.63) is 34.2 Å². The van der Waals surface area contributed by atoms with E-state index < -0.39 is 41.5 Å². The molecule has 11 heteroatoms. The van der Waals surface area contributed by atoms with Crippen LogP contribution in [0.15, 0.2) is 22.7 Å². The maximum absolute atomic E-state index is 14.1. The summed E-state index contributed by atoms with van der Waals surface area (Å²) in [6, 6.07) is 2.29. The quantitative estimate of drug-likeness (QED) is 0.333. The van der Waals surface area contributed by atoms with E-state index in [1.165, 1.54) is 18.2 Å². The molecule has 0 bridgehead atoms. The minimum atomic E-state index is -1.03. The third-order valence-corrected chi connectivity index (χ3v) is 7.06. The first-order valence-electron chi connectivity index (χ1n) is 11.4. The van der Waals surface area contributed by atoms with Gasteiger partial charge in [-0.1, -0.05) is 12.8 Å². The van der Waals surface area contributed by atoms with Crippen LogP contribution in [-0.4, -0.2) is 47.2 Å². The number of fused-ring (bicyclic) bond motifs is 1. The number of carbonyl (C=O) groups is 4. The van der Waals surface area contributed by atoms with Gasteiger partial charge in [0.25, 0.3) is 5.91 Å². The molecule has 1 aromatic carbocycles. The molecule has 2 aliphatic rings. The Morgan fingerprint density at radius 2 is 1.91 bits per heavy atom. The number of hydrogen-bond donors (Lipinski definition) is 5. The molecule has 0 spiro atoms. The molecule has 6 N–H and O–H groups in total. The van der Waals surface area contributed by atoms with Gasteiger partial charge in [-0.15, -0.1) is 0 Å². The molecule has 2 fully saturated rings. The number of aromatic amines is 1. The lowest BCUT2D eigenvalue weighted by atomic mass is 9.91. The minimum Gasteiger partial charge on any atom is -0.368 e. The Bertz CT molecular complexity index is 1090. The van der Waals surface area contributed by atoms with Gasteiger partial charge in [-0.2, -0.15) is 0 Å². The zero-order valence-corrected chi connectivity index (χ0v) is 20.0. The van der Waals surface area contributed by atoms with Gasteiger partial charge in [0.05, 0.1) is 5.52 Å². The molecule has 1 aliphatic heterocycles. The van der Waals surface area contributed by atoms with Gasteiger partial charge in [-0.25, -0.2) is 4.39 Å². The van der Waals surface area contributed by atoms with Gasteiger partial charge in [0.2, 0.25) is 17.7 Å². The number of aromatic nitrogens is 1. The van der Waals surface area contributed by atoms with Gasteiger partial charge in [-0.3, -0.25) is 19.2 Å². The Morgan fingerprint density at radius 1 is 1.15 bits per heavy atom. The summed E-state index contributed by atoms with van der Waals surface area (Å²) in [4.78, 5) is 53.0. The summed E-state index contributed by atoms with van der Waals surface area (Å²) in [6.07, 6.45) is 3.81. The molecule has 34 heavy (non-hydrogen) atoms. The highest BCUT2D eigenvalue weighted by Gasteiger charge is 2.34. The van der Waals surface area contributed by atoms with Crippen LogP contribution in [0.2, 0.25) is 0 Å². The minimum absolute atomic E-state index is 0.103. The SMILES string of the molecule is NC(=O)[C@H](C[C@@H]1CCCNC1=O)NC(=O)[C@H](CC1CC1)NC(=O)c1cc2c(F)ccc(Br)c2[nH]1. The summed E-state index contributed by atoms with van der Waals surface area (Å²) in [5.41, 5.74) is 6.06. The molecule has 2 aromatic rings. The van der Waals surface area contributed by atoms with E-state index in [2.05, 4.69) is 36.9 Å². The maximum atomic E-state index is 14.1. The van der Waals surface area contributed by atoms with E-state index in [0.29, 0.717) is 35.3 Å². The molecule has 1 aliphatic carbocycles. The van der Waals surface area contributed by atoms with Crippen molar-refractivity contribution in [2.75, 3.05) is 6.54 Å². The number of halogens is 2. The molecular weight excluding hydrogens is 509 g/mol. The van der Waals surface area contributed by atoms with Crippen molar-refractivity contribution in [2.45, 2.75) is 50.6 Å². The lowest BCUT2D eigenvalue weighted by Crippen LogP contribution is -2.54. The lowest BCUT2D eigenvalue weighted by molar-refractivity contribution is -0.131. The molecule has 4 amide bonds. The molecule has 2 heterocycles. The van der Waals surface area contributed by atoms with E-state index >= 15 is 0 Å². The zero-order chi connectivity index (χ0) is 24.4. The van der Waals surface area contributed by atoms with Crippen molar-refractivity contribution in [3.63, 3.8) is 0 Å². The van der Waals surface area contributed by atoms with Crippen molar-refractivity contribution in [2.24, 2.45) is 17.6 Å². The average molecular weight is 536 g/mol. The molecule has 4 rings (SSSR count). The van der Waals surface area contributed by atoms with E-state index in [0.717, 1.165) is 19.3 Å². The monoisotopic (exact) mass is 535 g/mol. The van der Waals surface area contributed by atoms with Gasteiger partial charge in [-0.05, 0) is 65.7 Å². The average Bonchev–Trinajstić information content (AvgIpc) is 3.49. The van der Waals surface area contributed by atoms with Crippen molar-refractivity contribution in [3.8, 4) is 0 Å². The van der Waals surface area contributed by atoms with Crippen LogP contribution in [0.25, 0.3) is 10.9 Å². The summed E-state index contributed by atoms with van der Waals surface area (Å²) < 4.78 is 14.7. The van der Waals surface area contributed by atoms with E-state index in [-0.39, 0.29) is 23.4 Å². The fourth-order valence-electron chi connectivity index (χ4n) is 4.29. The Morgan fingerprint density at radius 3 is 2.56 bits per heavy atom.